The summed E-state index contributed by atoms with van der Waals surface area (Å²) in [6, 6.07) is 0. The first-order valence-electron chi connectivity index (χ1n) is 11.8. The molecule has 0 saturated carbocycles. The molecule has 2 atom stereocenters. The minimum absolute atomic E-state index is 0.263. The van der Waals surface area contributed by atoms with E-state index >= 15 is 0 Å². The van der Waals surface area contributed by atoms with Crippen molar-refractivity contribution < 1.29 is 23.2 Å². The van der Waals surface area contributed by atoms with Gasteiger partial charge < -0.3 is 9.63 Å². The first-order valence-corrected chi connectivity index (χ1v) is 13.3. The molecule has 0 aliphatic carbocycles. The molecule has 0 amide bonds. The van der Waals surface area contributed by atoms with Crippen LogP contribution in [0.2, 0.25) is 0 Å². The highest BCUT2D eigenvalue weighted by molar-refractivity contribution is 7.47. The van der Waals surface area contributed by atoms with Crippen LogP contribution in [0.5, 0.6) is 0 Å². The van der Waals surface area contributed by atoms with Crippen molar-refractivity contribution in [1.82, 2.24) is 0 Å². The minimum atomic E-state index is -4.04. The number of ether oxygens (including phenoxy) is 1. The highest BCUT2D eigenvalue weighted by atomic mass is 31.2. The van der Waals surface area contributed by atoms with Crippen molar-refractivity contribution in [2.24, 2.45) is 0 Å². The van der Waals surface area contributed by atoms with Crippen LogP contribution in [0.1, 0.15) is 124 Å². The molecule has 0 rings (SSSR count). The fraction of sp³-hybridized carbons (Fsp3) is 1.00. The number of phosphoric acid groups is 1. The van der Waals surface area contributed by atoms with E-state index in [1.54, 1.807) is 0 Å². The van der Waals surface area contributed by atoms with Crippen molar-refractivity contribution in [3.63, 3.8) is 0 Å². The van der Waals surface area contributed by atoms with Crippen molar-refractivity contribution in [3.05, 3.63) is 0 Å². The van der Waals surface area contributed by atoms with Crippen LogP contribution < -0.4 is 0 Å². The largest absolute Gasteiger partial charge is 0.474 e. The molecular formula is C22H47O5P. The average Bonchev–Trinajstić information content (AvgIpc) is 2.65. The molecule has 2 unspecified atom stereocenters. The van der Waals surface area contributed by atoms with E-state index in [1.165, 1.54) is 64.2 Å². The molecule has 0 aliphatic rings. The second kappa shape index (κ2) is 20.3. The molecule has 0 fully saturated rings. The fourth-order valence-corrected chi connectivity index (χ4v) is 4.10. The van der Waals surface area contributed by atoms with Crippen LogP contribution in [0, 0.1) is 0 Å². The topological polar surface area (TPSA) is 65.0 Å². The second-order valence-electron chi connectivity index (χ2n) is 7.68. The molecule has 0 spiro atoms. The predicted molar refractivity (Wildman–Crippen MR) is 117 cm³/mol. The van der Waals surface area contributed by atoms with Gasteiger partial charge in [-0.3, -0.25) is 9.05 Å². The Morgan fingerprint density at radius 2 is 1.18 bits per heavy atom. The van der Waals surface area contributed by atoms with E-state index in [1.807, 2.05) is 6.92 Å². The molecule has 0 bridgehead atoms. The molecular weight excluding hydrogens is 375 g/mol. The van der Waals surface area contributed by atoms with Gasteiger partial charge in [0.05, 0.1) is 6.61 Å². The summed E-state index contributed by atoms with van der Waals surface area (Å²) < 4.78 is 28.0. The Balaban J connectivity index is 3.83. The number of hydrogen-bond donors (Lipinski definition) is 1. The quantitative estimate of drug-likeness (QED) is 0.110. The Labute approximate surface area is 174 Å². The summed E-state index contributed by atoms with van der Waals surface area (Å²) in [6.45, 7) is 7.02. The zero-order valence-corrected chi connectivity index (χ0v) is 19.7. The predicted octanol–water partition coefficient (Wildman–Crippen LogP) is 7.76. The lowest BCUT2D eigenvalue weighted by molar-refractivity contribution is -0.0962. The van der Waals surface area contributed by atoms with Crippen molar-refractivity contribution >= 4 is 7.82 Å². The summed E-state index contributed by atoms with van der Waals surface area (Å²) in [5.74, 6) is 0. The third-order valence-corrected chi connectivity index (χ3v) is 5.91. The molecule has 0 aliphatic heterocycles. The van der Waals surface area contributed by atoms with Gasteiger partial charge in [0.1, 0.15) is 0 Å². The number of hydrogen-bond acceptors (Lipinski definition) is 4. The van der Waals surface area contributed by atoms with Crippen LogP contribution >= 0.6 is 7.82 Å². The lowest BCUT2D eigenvalue weighted by atomic mass is 10.1. The van der Waals surface area contributed by atoms with Crippen LogP contribution in [-0.4, -0.2) is 24.4 Å². The monoisotopic (exact) mass is 422 g/mol. The Morgan fingerprint density at radius 3 is 1.68 bits per heavy atom. The van der Waals surface area contributed by atoms with E-state index in [0.717, 1.165) is 32.1 Å². The lowest BCUT2D eigenvalue weighted by Crippen LogP contribution is -2.17. The SMILES string of the molecule is CCCCCCCCCCOP(=O)(O)OC(CCCCCCCCC)OCC. The number of phosphoric ester groups is 1. The number of rotatable bonds is 22. The van der Waals surface area contributed by atoms with Gasteiger partial charge in [0.15, 0.2) is 6.29 Å². The Kier molecular flexibility index (Phi) is 20.4. The van der Waals surface area contributed by atoms with Crippen LogP contribution in [-0.2, 0) is 18.3 Å². The molecule has 5 nitrogen and oxygen atoms in total. The van der Waals surface area contributed by atoms with Crippen LogP contribution in [0.4, 0.5) is 0 Å². The van der Waals surface area contributed by atoms with Gasteiger partial charge in [0, 0.05) is 6.61 Å². The molecule has 0 radical (unpaired) electrons. The van der Waals surface area contributed by atoms with Gasteiger partial charge in [-0.25, -0.2) is 4.57 Å². The maximum absolute atomic E-state index is 12.1. The molecule has 0 aromatic carbocycles. The Morgan fingerprint density at radius 1 is 0.714 bits per heavy atom. The highest BCUT2D eigenvalue weighted by Crippen LogP contribution is 2.45. The van der Waals surface area contributed by atoms with E-state index < -0.39 is 14.1 Å². The molecule has 1 N–H and O–H groups in total. The van der Waals surface area contributed by atoms with Gasteiger partial charge in [0.25, 0.3) is 0 Å². The van der Waals surface area contributed by atoms with E-state index in [0.29, 0.717) is 13.0 Å². The molecule has 0 heterocycles. The van der Waals surface area contributed by atoms with Gasteiger partial charge in [-0.2, -0.15) is 0 Å². The summed E-state index contributed by atoms with van der Waals surface area (Å²) in [6.07, 6.45) is 17.7. The normalized spacial score (nSPS) is 14.9. The van der Waals surface area contributed by atoms with Crippen molar-refractivity contribution in [3.8, 4) is 0 Å². The first-order chi connectivity index (χ1) is 13.6. The maximum Gasteiger partial charge on any atom is 0.474 e. The summed E-state index contributed by atoms with van der Waals surface area (Å²) in [7, 11) is -4.04. The second-order valence-corrected chi connectivity index (χ2v) is 9.08. The van der Waals surface area contributed by atoms with E-state index in [-0.39, 0.29) is 6.61 Å². The van der Waals surface area contributed by atoms with Crippen molar-refractivity contribution in [2.75, 3.05) is 13.2 Å². The maximum atomic E-state index is 12.1. The standard InChI is InChI=1S/C22H47O5P/c1-4-7-9-11-13-15-17-19-21-26-28(23,24)27-22(25-6-3)20-18-16-14-12-10-8-5-2/h22H,4-21H2,1-3H3,(H,23,24). The Bertz CT molecular complexity index is 365. The summed E-state index contributed by atoms with van der Waals surface area (Å²) >= 11 is 0. The van der Waals surface area contributed by atoms with E-state index in [9.17, 15) is 9.46 Å². The van der Waals surface area contributed by atoms with Crippen LogP contribution in [0.25, 0.3) is 0 Å². The fourth-order valence-electron chi connectivity index (χ4n) is 3.22. The summed E-state index contributed by atoms with van der Waals surface area (Å²) in [4.78, 5) is 9.94. The van der Waals surface area contributed by atoms with Crippen molar-refractivity contribution in [2.45, 2.75) is 130 Å². The molecule has 0 aromatic rings. The van der Waals surface area contributed by atoms with E-state index in [2.05, 4.69) is 13.8 Å². The summed E-state index contributed by atoms with van der Waals surface area (Å²) in [5, 5.41) is 0. The number of unbranched alkanes of at least 4 members (excludes halogenated alkanes) is 13. The van der Waals surface area contributed by atoms with Crippen molar-refractivity contribution in [1.29, 1.82) is 0 Å². The third kappa shape index (κ3) is 19.4. The molecule has 0 saturated heterocycles. The van der Waals surface area contributed by atoms with Gasteiger partial charge >= 0.3 is 7.82 Å². The van der Waals surface area contributed by atoms with Gasteiger partial charge in [0.2, 0.25) is 0 Å². The first kappa shape index (κ1) is 28.1. The minimum Gasteiger partial charge on any atom is -0.352 e. The zero-order chi connectivity index (χ0) is 20.9. The van der Waals surface area contributed by atoms with Crippen LogP contribution in [0.15, 0.2) is 0 Å². The van der Waals surface area contributed by atoms with Gasteiger partial charge in [-0.15, -0.1) is 0 Å². The Hall–Kier alpha value is 0.0700. The van der Waals surface area contributed by atoms with Gasteiger partial charge in [-0.1, -0.05) is 97.3 Å². The smallest absolute Gasteiger partial charge is 0.352 e. The van der Waals surface area contributed by atoms with Gasteiger partial charge in [-0.05, 0) is 26.2 Å². The molecule has 6 heteroatoms. The molecule has 0 aromatic heterocycles. The lowest BCUT2D eigenvalue weighted by Gasteiger charge is -2.20. The van der Waals surface area contributed by atoms with E-state index in [4.69, 9.17) is 13.8 Å². The van der Waals surface area contributed by atoms with Crippen LogP contribution in [0.3, 0.4) is 0 Å². The zero-order valence-electron chi connectivity index (χ0n) is 18.8. The highest BCUT2D eigenvalue weighted by Gasteiger charge is 2.26. The third-order valence-electron chi connectivity index (χ3n) is 4.90. The molecule has 28 heavy (non-hydrogen) atoms. The summed E-state index contributed by atoms with van der Waals surface area (Å²) in [5.41, 5.74) is 0. The average molecular weight is 423 g/mol. The molecule has 170 valence electrons.